The summed E-state index contributed by atoms with van der Waals surface area (Å²) in [5.41, 5.74) is -4.30. The number of hydrogen-bond acceptors (Lipinski definition) is 15. The first-order chi connectivity index (χ1) is 24.5. The first kappa shape index (κ1) is 45.9. The molecular weight excluding hydrogens is 692 g/mol. The average molecular weight is 763 g/mol. The van der Waals surface area contributed by atoms with Crippen molar-refractivity contribution in [1.29, 1.82) is 0 Å². The van der Waals surface area contributed by atoms with Gasteiger partial charge in [0.2, 0.25) is 0 Å². The van der Waals surface area contributed by atoms with Crippen LogP contribution in [0.15, 0.2) is 5.16 Å². The molecule has 5 N–H and O–H groups in total. The number of methoxy groups -OCH3 is 1. The fourth-order valence-corrected chi connectivity index (χ4v) is 8.70. The summed E-state index contributed by atoms with van der Waals surface area (Å²) in [6, 6.07) is -0.306. The molecular formula is C38H70N2O13. The van der Waals surface area contributed by atoms with Crippen LogP contribution in [0, 0.1) is 23.7 Å². The molecule has 0 aromatic heterocycles. The molecule has 15 nitrogen and oxygen atoms in total. The Labute approximate surface area is 316 Å². The van der Waals surface area contributed by atoms with E-state index in [2.05, 4.69) is 5.16 Å². The molecule has 0 saturated carbocycles. The number of aliphatic hydroxyl groups is 5. The molecule has 3 rings (SSSR count). The van der Waals surface area contributed by atoms with E-state index in [0.717, 1.165) is 0 Å². The van der Waals surface area contributed by atoms with Gasteiger partial charge in [-0.1, -0.05) is 32.9 Å². The second-order valence-electron chi connectivity index (χ2n) is 16.8. The van der Waals surface area contributed by atoms with Gasteiger partial charge in [0, 0.05) is 37.3 Å². The number of nitrogens with zero attached hydrogens (tertiary/aromatic N) is 2. The second-order valence-corrected chi connectivity index (χ2v) is 16.8. The number of cyclic esters (lactones) is 1. The second kappa shape index (κ2) is 18.2. The van der Waals surface area contributed by atoms with E-state index < -0.39 is 102 Å². The minimum absolute atomic E-state index is 0.0204. The van der Waals surface area contributed by atoms with Crippen molar-refractivity contribution in [2.75, 3.05) is 28.3 Å². The fraction of sp³-hybridized carbons (Fsp3) is 0.947. The van der Waals surface area contributed by atoms with Crippen molar-refractivity contribution in [3.63, 3.8) is 0 Å². The normalized spacial score (nSPS) is 49.0. The largest absolute Gasteiger partial charge is 0.459 e. The lowest BCUT2D eigenvalue weighted by atomic mass is 9.73. The van der Waals surface area contributed by atoms with E-state index in [0.29, 0.717) is 12.1 Å². The molecule has 18 atom stereocenters. The van der Waals surface area contributed by atoms with Crippen LogP contribution in [0.3, 0.4) is 0 Å². The maximum atomic E-state index is 14.2. The Kier molecular flexibility index (Phi) is 15.7. The maximum Gasteiger partial charge on any atom is 0.311 e. The Balaban J connectivity index is 2.23. The molecule has 0 aromatic carbocycles. The molecule has 1 unspecified atom stereocenters. The highest BCUT2D eigenvalue weighted by Crippen LogP contribution is 2.41. The van der Waals surface area contributed by atoms with Gasteiger partial charge in [-0.05, 0) is 74.9 Å². The molecule has 0 radical (unpaired) electrons. The third-order valence-electron chi connectivity index (χ3n) is 12.1. The summed E-state index contributed by atoms with van der Waals surface area (Å²) in [4.78, 5) is 21.3. The monoisotopic (exact) mass is 762 g/mol. The smallest absolute Gasteiger partial charge is 0.311 e. The number of carbonyl (C=O) groups excluding carboxylic acids is 1. The van der Waals surface area contributed by atoms with Crippen molar-refractivity contribution in [3.8, 4) is 0 Å². The molecule has 53 heavy (non-hydrogen) atoms. The molecule has 3 aliphatic rings. The van der Waals surface area contributed by atoms with Gasteiger partial charge < -0.3 is 63.7 Å². The molecule has 310 valence electrons. The van der Waals surface area contributed by atoms with Crippen molar-refractivity contribution in [3.05, 3.63) is 0 Å². The molecule has 3 heterocycles. The predicted molar refractivity (Wildman–Crippen MR) is 196 cm³/mol. The van der Waals surface area contributed by atoms with Gasteiger partial charge in [0.05, 0.1) is 53.4 Å². The summed E-state index contributed by atoms with van der Waals surface area (Å²) in [6.07, 6.45) is -9.08. The van der Waals surface area contributed by atoms with Crippen molar-refractivity contribution in [2.24, 2.45) is 28.8 Å². The topological polar surface area (TPSA) is 198 Å². The van der Waals surface area contributed by atoms with Gasteiger partial charge in [0.25, 0.3) is 0 Å². The molecule has 0 spiro atoms. The zero-order chi connectivity index (χ0) is 40.4. The summed E-state index contributed by atoms with van der Waals surface area (Å²) >= 11 is 0. The number of oxime groups is 1. The molecule has 0 bridgehead atoms. The summed E-state index contributed by atoms with van der Waals surface area (Å²) in [5.74, 6) is -3.90. The number of hydrogen-bond donors (Lipinski definition) is 5. The van der Waals surface area contributed by atoms with E-state index in [1.807, 2.05) is 32.8 Å². The number of rotatable bonds is 8. The van der Waals surface area contributed by atoms with Gasteiger partial charge in [-0.3, -0.25) is 4.79 Å². The van der Waals surface area contributed by atoms with Gasteiger partial charge in [-0.2, -0.15) is 0 Å². The van der Waals surface area contributed by atoms with Crippen LogP contribution in [0.2, 0.25) is 0 Å². The number of ether oxygens (including phenoxy) is 6. The van der Waals surface area contributed by atoms with Crippen molar-refractivity contribution in [1.82, 2.24) is 4.90 Å². The van der Waals surface area contributed by atoms with E-state index >= 15 is 0 Å². The molecule has 3 fully saturated rings. The van der Waals surface area contributed by atoms with Crippen LogP contribution < -0.4 is 0 Å². The highest BCUT2D eigenvalue weighted by atomic mass is 16.7. The summed E-state index contributed by atoms with van der Waals surface area (Å²) < 4.78 is 37.4. The number of likely N-dealkylation sites (N-methyl/N-ethyl adjacent to an activating group) is 1. The molecule has 0 aromatic rings. The predicted octanol–water partition coefficient (Wildman–Crippen LogP) is 2.22. The average Bonchev–Trinajstić information content (AvgIpc) is 3.08. The summed E-state index contributed by atoms with van der Waals surface area (Å²) in [5, 5.41) is 62.8. The number of aliphatic hydroxyl groups excluding tert-OH is 3. The lowest BCUT2D eigenvalue weighted by Crippen LogP contribution is -2.61. The lowest BCUT2D eigenvalue weighted by Gasteiger charge is -2.49. The van der Waals surface area contributed by atoms with Crippen LogP contribution in [0.5, 0.6) is 0 Å². The highest BCUT2D eigenvalue weighted by molar-refractivity contribution is 5.88. The minimum Gasteiger partial charge on any atom is -0.459 e. The van der Waals surface area contributed by atoms with E-state index in [1.54, 1.807) is 48.5 Å². The van der Waals surface area contributed by atoms with Gasteiger partial charge in [0.15, 0.2) is 12.6 Å². The minimum atomic E-state index is -1.91. The Morgan fingerprint density at radius 3 is 2.08 bits per heavy atom. The molecule has 0 amide bonds. The van der Waals surface area contributed by atoms with Crippen molar-refractivity contribution < 1.29 is 63.6 Å². The van der Waals surface area contributed by atoms with E-state index in [-0.39, 0.29) is 31.4 Å². The Morgan fingerprint density at radius 1 is 0.906 bits per heavy atom. The van der Waals surface area contributed by atoms with Crippen molar-refractivity contribution in [2.45, 2.75) is 179 Å². The standard InChI is InChI=1S/C38H70N2O13/c1-15-26-38(10,46)31(42)21(4)28(39-48-14)19(2)17-36(8,45)33(53-35-29(41)25(40(11)12)16-20(3)49-35)22(5)30(23(6)34(44)51-26)52-27-18-37(9,47-13)32(43)24(7)50-27/h19-27,29-33,35,41-43,45-46H,15-18H2,1-14H3/b39-28+/t19-,20-,21+,22+,23-,24+,25+,26?,27+,29-,30+,31-,32+,33-,35+,36-,37-,38-/m1/s1. The third kappa shape index (κ3) is 10.1. The van der Waals surface area contributed by atoms with Gasteiger partial charge in [-0.15, -0.1) is 0 Å². The Hall–Kier alpha value is -1.50. The quantitative estimate of drug-likeness (QED) is 0.178. The van der Waals surface area contributed by atoms with Crippen LogP contribution in [-0.4, -0.2) is 155 Å². The summed E-state index contributed by atoms with van der Waals surface area (Å²) in [7, 11) is 6.60. The fourth-order valence-electron chi connectivity index (χ4n) is 8.70. The van der Waals surface area contributed by atoms with E-state index in [9.17, 15) is 30.3 Å². The number of carbonyl (C=O) groups is 1. The Morgan fingerprint density at radius 2 is 1.53 bits per heavy atom. The van der Waals surface area contributed by atoms with E-state index in [4.69, 9.17) is 33.3 Å². The van der Waals surface area contributed by atoms with E-state index in [1.165, 1.54) is 21.1 Å². The van der Waals surface area contributed by atoms with Crippen LogP contribution in [0.1, 0.15) is 94.9 Å². The first-order valence-corrected chi connectivity index (χ1v) is 19.1. The van der Waals surface area contributed by atoms with Gasteiger partial charge in [-0.25, -0.2) is 0 Å². The molecule has 15 heteroatoms. The van der Waals surface area contributed by atoms with Gasteiger partial charge in [0.1, 0.15) is 31.0 Å². The molecule has 0 aliphatic carbocycles. The van der Waals surface area contributed by atoms with Crippen molar-refractivity contribution >= 4 is 11.7 Å². The van der Waals surface area contributed by atoms with Gasteiger partial charge >= 0.3 is 5.97 Å². The lowest BCUT2D eigenvalue weighted by molar-refractivity contribution is -0.317. The zero-order valence-electron chi connectivity index (χ0n) is 34.4. The first-order valence-electron chi connectivity index (χ1n) is 19.1. The summed E-state index contributed by atoms with van der Waals surface area (Å²) in [6.45, 7) is 17.0. The SMILES string of the molecule is CCC1OC(=O)[C@H](C)[C@@H](O[C@H]2C[C@@](C)(OC)[C@@H](O)[C@H](C)O2)[C@H](C)[C@@H](O[C@@H]2O[C@H](C)C[C@H](N(C)C)[C@H]2O)[C@](C)(O)C[C@@H](C)/C(=N\OC)[C@H](C)[C@@H](O)[C@]1(C)O. The number of esters is 1. The van der Waals surface area contributed by atoms with Crippen LogP contribution in [0.25, 0.3) is 0 Å². The van der Waals surface area contributed by atoms with Crippen LogP contribution in [0.4, 0.5) is 0 Å². The maximum absolute atomic E-state index is 14.2. The van der Waals surface area contributed by atoms with Crippen LogP contribution in [-0.2, 0) is 38.1 Å². The molecule has 3 aliphatic heterocycles. The third-order valence-corrected chi connectivity index (χ3v) is 12.1. The Bertz CT molecular complexity index is 1220. The van der Waals surface area contributed by atoms with Crippen LogP contribution >= 0.6 is 0 Å². The highest BCUT2D eigenvalue weighted by Gasteiger charge is 2.53. The molecule has 3 saturated heterocycles. The zero-order valence-corrected chi connectivity index (χ0v) is 34.4.